The Bertz CT molecular complexity index is 1010. The maximum Gasteiger partial charge on any atom is 0.271 e. The van der Waals surface area contributed by atoms with Crippen molar-refractivity contribution in [2.24, 2.45) is 5.73 Å². The molecule has 12 heteroatoms. The number of alkyl halides is 1. The highest BCUT2D eigenvalue weighted by atomic mass is 35.5. The fourth-order valence-corrected chi connectivity index (χ4v) is 4.69. The number of carbonyl (C=O) groups excluding carboxylic acids is 1. The molecule has 0 bridgehead atoms. The van der Waals surface area contributed by atoms with Gasteiger partial charge in [-0.2, -0.15) is 0 Å². The van der Waals surface area contributed by atoms with Crippen molar-refractivity contribution in [2.75, 3.05) is 67.7 Å². The van der Waals surface area contributed by atoms with Gasteiger partial charge in [-0.3, -0.25) is 20.1 Å². The molecule has 3 heterocycles. The van der Waals surface area contributed by atoms with Crippen LogP contribution < -0.4 is 21.1 Å². The molecule has 184 valence electrons. The Balaban J connectivity index is 1.45. The number of benzene rings is 1. The molecule has 9 nitrogen and oxygen atoms in total. The zero-order chi connectivity index (χ0) is 24.2. The number of nitrogens with two attached hydrogens (primary N) is 1. The van der Waals surface area contributed by atoms with Crippen molar-refractivity contribution in [2.45, 2.75) is 18.9 Å². The summed E-state index contributed by atoms with van der Waals surface area (Å²) in [7, 11) is 2.13. The van der Waals surface area contributed by atoms with Gasteiger partial charge in [0.2, 0.25) is 0 Å². The zero-order valence-corrected chi connectivity index (χ0v) is 19.8. The van der Waals surface area contributed by atoms with Crippen molar-refractivity contribution in [3.63, 3.8) is 0 Å². The monoisotopic (exact) mass is 494 g/mol. The summed E-state index contributed by atoms with van der Waals surface area (Å²) in [6, 6.07) is 3.25. The maximum absolute atomic E-state index is 15.1. The molecule has 0 saturated carbocycles. The molecule has 0 atom stereocenters. The third kappa shape index (κ3) is 5.16. The van der Waals surface area contributed by atoms with E-state index in [9.17, 15) is 4.79 Å². The summed E-state index contributed by atoms with van der Waals surface area (Å²) in [5, 5.41) is 1.17. The first-order valence-corrected chi connectivity index (χ1v) is 11.8. The number of halogens is 3. The molecule has 2 aliphatic rings. The maximum atomic E-state index is 15.1. The minimum absolute atomic E-state index is 0.0138. The van der Waals surface area contributed by atoms with E-state index >= 15 is 8.78 Å². The average Bonchev–Trinajstić information content (AvgIpc) is 2.86. The molecule has 0 radical (unpaired) electrons. The summed E-state index contributed by atoms with van der Waals surface area (Å²) in [5.41, 5.74) is 7.96. The average molecular weight is 495 g/mol. The summed E-state index contributed by atoms with van der Waals surface area (Å²) >= 11 is 5.97. The van der Waals surface area contributed by atoms with Crippen LogP contribution in [0.4, 0.5) is 26.0 Å². The first kappa shape index (κ1) is 24.4. The highest BCUT2D eigenvalue weighted by Gasteiger charge is 2.29. The number of rotatable bonds is 7. The van der Waals surface area contributed by atoms with Crippen LogP contribution in [-0.2, 0) is 0 Å². The Morgan fingerprint density at radius 3 is 2.44 bits per heavy atom. The zero-order valence-electron chi connectivity index (χ0n) is 19.1. The molecule has 2 aromatic rings. The van der Waals surface area contributed by atoms with Crippen molar-refractivity contribution < 1.29 is 13.6 Å². The van der Waals surface area contributed by atoms with Crippen LogP contribution in [0.25, 0.3) is 0 Å². The van der Waals surface area contributed by atoms with Crippen molar-refractivity contribution in [1.29, 1.82) is 0 Å². The largest absolute Gasteiger partial charge is 0.369 e. The normalized spacial score (nSPS) is 18.2. The molecule has 2 saturated heterocycles. The van der Waals surface area contributed by atoms with E-state index in [1.54, 1.807) is 6.07 Å². The molecule has 2 fully saturated rings. The van der Waals surface area contributed by atoms with Gasteiger partial charge in [-0.15, -0.1) is 11.6 Å². The van der Waals surface area contributed by atoms with Gasteiger partial charge in [0, 0.05) is 57.7 Å². The number of hydrogen-bond donors (Lipinski definition) is 2. The van der Waals surface area contributed by atoms with Crippen LogP contribution in [0.5, 0.6) is 0 Å². The lowest BCUT2D eigenvalue weighted by Gasteiger charge is -2.42. The molecule has 4 rings (SSSR count). The molecule has 0 spiro atoms. The van der Waals surface area contributed by atoms with Gasteiger partial charge < -0.3 is 15.5 Å². The highest BCUT2D eigenvalue weighted by molar-refractivity contribution is 6.19. The fourth-order valence-electron chi connectivity index (χ4n) is 4.52. The Labute approximate surface area is 202 Å². The Morgan fingerprint density at radius 2 is 1.79 bits per heavy atom. The number of nitrogens with zero attached hydrogens (tertiary/aromatic N) is 6. The highest BCUT2D eigenvalue weighted by Crippen LogP contribution is 2.31. The SMILES string of the molecule is CN1CCN(C2CCN(c3ccc(NN(CCl)c4nccnc4C(N)=O)c(F)c3F)CC2)CC1. The smallest absolute Gasteiger partial charge is 0.271 e. The summed E-state index contributed by atoms with van der Waals surface area (Å²) in [6.45, 7) is 5.54. The van der Waals surface area contributed by atoms with E-state index in [0.717, 1.165) is 39.0 Å². The standard InChI is InChI=1S/C22H29ClF2N8O/c1-30-10-12-31(13-11-30)15-4-8-32(9-5-15)17-3-2-16(18(24)19(17)25)29-33(14-23)22-20(21(26)34)27-6-7-28-22/h2-3,6-7,15,29H,4-5,8-14H2,1H3,(H2,26,34). The van der Waals surface area contributed by atoms with Gasteiger partial charge in [0.05, 0.1) is 11.4 Å². The van der Waals surface area contributed by atoms with Crippen LogP contribution in [0.1, 0.15) is 23.3 Å². The van der Waals surface area contributed by atoms with Crippen molar-refractivity contribution >= 4 is 34.7 Å². The lowest BCUT2D eigenvalue weighted by Crippen LogP contribution is -2.52. The predicted octanol–water partition coefficient (Wildman–Crippen LogP) is 2.10. The Kier molecular flexibility index (Phi) is 7.64. The minimum Gasteiger partial charge on any atom is -0.369 e. The van der Waals surface area contributed by atoms with Crippen molar-refractivity contribution in [3.05, 3.63) is 41.9 Å². The van der Waals surface area contributed by atoms with Crippen LogP contribution in [0.15, 0.2) is 24.5 Å². The number of hydrogen-bond acceptors (Lipinski definition) is 8. The van der Waals surface area contributed by atoms with E-state index in [2.05, 4.69) is 32.2 Å². The van der Waals surface area contributed by atoms with Crippen LogP contribution in [0, 0.1) is 11.6 Å². The van der Waals surface area contributed by atoms with Gasteiger partial charge in [0.1, 0.15) is 6.00 Å². The number of piperidine rings is 1. The summed E-state index contributed by atoms with van der Waals surface area (Å²) in [5.74, 6) is -2.79. The van der Waals surface area contributed by atoms with Crippen molar-refractivity contribution in [1.82, 2.24) is 19.8 Å². The number of nitrogens with one attached hydrogen (secondary N) is 1. The Hall–Kier alpha value is -2.76. The number of carbonyl (C=O) groups is 1. The van der Waals surface area contributed by atoms with E-state index in [1.807, 2.05) is 4.90 Å². The van der Waals surface area contributed by atoms with Gasteiger partial charge in [-0.05, 0) is 32.0 Å². The molecular weight excluding hydrogens is 466 g/mol. The second kappa shape index (κ2) is 10.7. The van der Waals surface area contributed by atoms with Crippen LogP contribution in [0.3, 0.4) is 0 Å². The van der Waals surface area contributed by atoms with Crippen LogP contribution in [0.2, 0.25) is 0 Å². The second-order valence-corrected chi connectivity index (χ2v) is 8.81. The first-order valence-electron chi connectivity index (χ1n) is 11.3. The number of amides is 1. The third-order valence-corrected chi connectivity index (χ3v) is 6.70. The summed E-state index contributed by atoms with van der Waals surface area (Å²) < 4.78 is 30.1. The second-order valence-electron chi connectivity index (χ2n) is 8.57. The van der Waals surface area contributed by atoms with E-state index in [0.29, 0.717) is 19.1 Å². The van der Waals surface area contributed by atoms with E-state index in [4.69, 9.17) is 17.3 Å². The van der Waals surface area contributed by atoms with E-state index in [1.165, 1.54) is 23.5 Å². The molecule has 1 aromatic heterocycles. The summed E-state index contributed by atoms with van der Waals surface area (Å²) in [4.78, 5) is 26.3. The van der Waals surface area contributed by atoms with Crippen LogP contribution in [-0.4, -0.2) is 84.0 Å². The Morgan fingerprint density at radius 1 is 1.12 bits per heavy atom. The number of aromatic nitrogens is 2. The summed E-state index contributed by atoms with van der Waals surface area (Å²) in [6.07, 6.45) is 4.47. The van der Waals surface area contributed by atoms with Gasteiger partial charge in [-0.25, -0.2) is 18.7 Å². The quantitative estimate of drug-likeness (QED) is 0.343. The molecule has 1 amide bonds. The molecule has 34 heavy (non-hydrogen) atoms. The predicted molar refractivity (Wildman–Crippen MR) is 128 cm³/mol. The van der Waals surface area contributed by atoms with Crippen molar-refractivity contribution in [3.8, 4) is 0 Å². The molecule has 0 unspecified atom stereocenters. The molecule has 0 aliphatic carbocycles. The van der Waals surface area contributed by atoms with E-state index < -0.39 is 17.5 Å². The van der Waals surface area contributed by atoms with Gasteiger partial charge in [-0.1, -0.05) is 0 Å². The van der Waals surface area contributed by atoms with Gasteiger partial charge >= 0.3 is 0 Å². The number of likely N-dealkylation sites (N-methyl/N-ethyl adjacent to an activating group) is 1. The minimum atomic E-state index is -1.04. The molecule has 2 aliphatic heterocycles. The third-order valence-electron chi connectivity index (χ3n) is 6.46. The lowest BCUT2D eigenvalue weighted by molar-refractivity contribution is 0.0981. The number of primary amides is 1. The van der Waals surface area contributed by atoms with Gasteiger partial charge in [0.15, 0.2) is 23.1 Å². The molecular formula is C22H29ClF2N8O. The van der Waals surface area contributed by atoms with Gasteiger partial charge in [0.25, 0.3) is 5.91 Å². The molecule has 3 N–H and O–H groups in total. The number of piperazine rings is 1. The fraction of sp³-hybridized carbons (Fsp3) is 0.500. The topological polar surface area (TPSA) is 93.9 Å². The lowest BCUT2D eigenvalue weighted by atomic mass is 10.0. The number of anilines is 3. The molecule has 1 aromatic carbocycles. The van der Waals surface area contributed by atoms with E-state index in [-0.39, 0.29) is 28.9 Å². The van der Waals surface area contributed by atoms with Crippen LogP contribution >= 0.6 is 11.6 Å². The number of hydrazine groups is 1. The first-order chi connectivity index (χ1) is 16.4.